The molecule has 1 aromatic rings. The SMILES string of the molecule is CCC(NC(=O)c1ccc(N)cc1)C(N)=O. The molecule has 0 saturated carbocycles. The van der Waals surface area contributed by atoms with E-state index in [1.807, 2.05) is 0 Å². The Balaban J connectivity index is 2.71. The lowest BCUT2D eigenvalue weighted by Crippen LogP contribution is -2.43. The van der Waals surface area contributed by atoms with Crippen molar-refractivity contribution in [1.82, 2.24) is 5.32 Å². The van der Waals surface area contributed by atoms with Gasteiger partial charge in [-0.1, -0.05) is 6.92 Å². The molecule has 0 fully saturated rings. The summed E-state index contributed by atoms with van der Waals surface area (Å²) in [6.45, 7) is 1.78. The molecule has 0 radical (unpaired) electrons. The van der Waals surface area contributed by atoms with Gasteiger partial charge in [-0.15, -0.1) is 0 Å². The maximum absolute atomic E-state index is 11.7. The van der Waals surface area contributed by atoms with Crippen molar-refractivity contribution in [3.8, 4) is 0 Å². The Morgan fingerprint density at radius 1 is 1.31 bits per heavy atom. The van der Waals surface area contributed by atoms with E-state index in [9.17, 15) is 9.59 Å². The van der Waals surface area contributed by atoms with E-state index in [1.165, 1.54) is 0 Å². The molecular weight excluding hydrogens is 206 g/mol. The normalized spacial score (nSPS) is 11.8. The summed E-state index contributed by atoms with van der Waals surface area (Å²) < 4.78 is 0. The summed E-state index contributed by atoms with van der Waals surface area (Å²) in [4.78, 5) is 22.6. The number of nitrogen functional groups attached to an aromatic ring is 1. The molecule has 16 heavy (non-hydrogen) atoms. The lowest BCUT2D eigenvalue weighted by atomic mass is 10.1. The van der Waals surface area contributed by atoms with Crippen LogP contribution in [-0.4, -0.2) is 17.9 Å². The van der Waals surface area contributed by atoms with Crippen molar-refractivity contribution >= 4 is 17.5 Å². The van der Waals surface area contributed by atoms with E-state index < -0.39 is 11.9 Å². The lowest BCUT2D eigenvalue weighted by molar-refractivity contribution is -0.119. The predicted molar refractivity (Wildman–Crippen MR) is 61.6 cm³/mol. The van der Waals surface area contributed by atoms with Crippen LogP contribution < -0.4 is 16.8 Å². The van der Waals surface area contributed by atoms with Crippen LogP contribution in [0.5, 0.6) is 0 Å². The van der Waals surface area contributed by atoms with E-state index in [2.05, 4.69) is 5.32 Å². The molecule has 0 aliphatic rings. The molecule has 5 nitrogen and oxygen atoms in total. The minimum Gasteiger partial charge on any atom is -0.399 e. The van der Waals surface area contributed by atoms with Crippen LogP contribution in [0.3, 0.4) is 0 Å². The first-order valence-electron chi connectivity index (χ1n) is 5.00. The van der Waals surface area contributed by atoms with Gasteiger partial charge < -0.3 is 16.8 Å². The largest absolute Gasteiger partial charge is 0.399 e. The molecule has 2 amide bonds. The van der Waals surface area contributed by atoms with Crippen LogP contribution in [0, 0.1) is 0 Å². The lowest BCUT2D eigenvalue weighted by Gasteiger charge is -2.13. The van der Waals surface area contributed by atoms with Gasteiger partial charge in [0, 0.05) is 11.3 Å². The van der Waals surface area contributed by atoms with E-state index in [0.717, 1.165) is 0 Å². The molecule has 5 heteroatoms. The summed E-state index contributed by atoms with van der Waals surface area (Å²) in [6, 6.07) is 5.81. The molecule has 0 saturated heterocycles. The minimum absolute atomic E-state index is 0.328. The number of primary amides is 1. The Morgan fingerprint density at radius 2 is 1.88 bits per heavy atom. The number of rotatable bonds is 4. The average Bonchev–Trinajstić information content (AvgIpc) is 2.26. The molecule has 5 N–H and O–H groups in total. The number of carbonyl (C=O) groups is 2. The van der Waals surface area contributed by atoms with Gasteiger partial charge >= 0.3 is 0 Å². The Bertz CT molecular complexity index is 387. The van der Waals surface area contributed by atoms with Gasteiger partial charge in [-0.25, -0.2) is 0 Å². The molecule has 0 aliphatic heterocycles. The van der Waals surface area contributed by atoms with Crippen molar-refractivity contribution in [2.75, 3.05) is 5.73 Å². The molecule has 86 valence electrons. The molecule has 1 atom stereocenters. The number of hydrogen-bond donors (Lipinski definition) is 3. The summed E-state index contributed by atoms with van der Waals surface area (Å²) in [5, 5.41) is 2.55. The Hall–Kier alpha value is -2.04. The summed E-state index contributed by atoms with van der Waals surface area (Å²) in [7, 11) is 0. The molecule has 0 heterocycles. The van der Waals surface area contributed by atoms with Crippen molar-refractivity contribution in [1.29, 1.82) is 0 Å². The van der Waals surface area contributed by atoms with Crippen molar-refractivity contribution in [3.63, 3.8) is 0 Å². The number of benzene rings is 1. The second-order valence-corrected chi connectivity index (χ2v) is 3.46. The first-order chi connectivity index (χ1) is 7.54. The zero-order valence-corrected chi connectivity index (χ0v) is 9.07. The van der Waals surface area contributed by atoms with Crippen LogP contribution in [0.1, 0.15) is 23.7 Å². The Labute approximate surface area is 93.8 Å². The average molecular weight is 221 g/mol. The highest BCUT2D eigenvalue weighted by atomic mass is 16.2. The summed E-state index contributed by atoms with van der Waals surface area (Å²) >= 11 is 0. The number of amides is 2. The second-order valence-electron chi connectivity index (χ2n) is 3.46. The second kappa shape index (κ2) is 5.16. The summed E-state index contributed by atoms with van der Waals surface area (Å²) in [5.74, 6) is -0.864. The Morgan fingerprint density at radius 3 is 2.31 bits per heavy atom. The minimum atomic E-state index is -0.634. The van der Waals surface area contributed by atoms with Gasteiger partial charge in [0.1, 0.15) is 6.04 Å². The molecule has 1 unspecified atom stereocenters. The highest BCUT2D eigenvalue weighted by Crippen LogP contribution is 2.05. The number of anilines is 1. The van der Waals surface area contributed by atoms with Crippen molar-refractivity contribution in [2.24, 2.45) is 5.73 Å². The van der Waals surface area contributed by atoms with Crippen LogP contribution >= 0.6 is 0 Å². The van der Waals surface area contributed by atoms with Crippen molar-refractivity contribution in [3.05, 3.63) is 29.8 Å². The van der Waals surface area contributed by atoms with Gasteiger partial charge in [0.05, 0.1) is 0 Å². The number of carbonyl (C=O) groups excluding carboxylic acids is 2. The standard InChI is InChI=1S/C11H15N3O2/c1-2-9(10(13)15)14-11(16)7-3-5-8(12)6-4-7/h3-6,9H,2,12H2,1H3,(H2,13,15)(H,14,16). The fourth-order valence-electron chi connectivity index (χ4n) is 1.25. The van der Waals surface area contributed by atoms with Gasteiger partial charge in [-0.2, -0.15) is 0 Å². The topological polar surface area (TPSA) is 98.2 Å². The highest BCUT2D eigenvalue weighted by molar-refractivity contribution is 5.97. The van der Waals surface area contributed by atoms with E-state index in [-0.39, 0.29) is 5.91 Å². The zero-order chi connectivity index (χ0) is 12.1. The number of hydrogen-bond acceptors (Lipinski definition) is 3. The number of nitrogens with one attached hydrogen (secondary N) is 1. The van der Waals surface area contributed by atoms with Crippen molar-refractivity contribution in [2.45, 2.75) is 19.4 Å². The maximum atomic E-state index is 11.7. The monoisotopic (exact) mass is 221 g/mol. The molecule has 0 bridgehead atoms. The third-order valence-electron chi connectivity index (χ3n) is 2.23. The molecule has 0 aromatic heterocycles. The van der Waals surface area contributed by atoms with Gasteiger partial charge in [0.2, 0.25) is 5.91 Å². The zero-order valence-electron chi connectivity index (χ0n) is 9.07. The van der Waals surface area contributed by atoms with Gasteiger partial charge in [0.15, 0.2) is 0 Å². The van der Waals surface area contributed by atoms with E-state index in [4.69, 9.17) is 11.5 Å². The summed E-state index contributed by atoms with van der Waals surface area (Å²) in [5.41, 5.74) is 11.7. The quantitative estimate of drug-likeness (QED) is 0.636. The Kier molecular flexibility index (Phi) is 3.88. The fraction of sp³-hybridized carbons (Fsp3) is 0.273. The smallest absolute Gasteiger partial charge is 0.251 e. The van der Waals surface area contributed by atoms with Crippen LogP contribution in [-0.2, 0) is 4.79 Å². The first kappa shape index (κ1) is 12.0. The molecule has 1 aromatic carbocycles. The molecule has 0 aliphatic carbocycles. The predicted octanol–water partition coefficient (Wildman–Crippen LogP) is 0.262. The maximum Gasteiger partial charge on any atom is 0.251 e. The van der Waals surface area contributed by atoms with Crippen LogP contribution in [0.25, 0.3) is 0 Å². The molecule has 1 rings (SSSR count). The van der Waals surface area contributed by atoms with Gasteiger partial charge in [0.25, 0.3) is 5.91 Å². The highest BCUT2D eigenvalue weighted by Gasteiger charge is 2.16. The fourth-order valence-corrected chi connectivity index (χ4v) is 1.25. The third-order valence-corrected chi connectivity index (χ3v) is 2.23. The van der Waals surface area contributed by atoms with Crippen LogP contribution in [0.2, 0.25) is 0 Å². The molecular formula is C11H15N3O2. The van der Waals surface area contributed by atoms with E-state index >= 15 is 0 Å². The first-order valence-corrected chi connectivity index (χ1v) is 5.00. The van der Waals surface area contributed by atoms with E-state index in [0.29, 0.717) is 17.7 Å². The van der Waals surface area contributed by atoms with E-state index in [1.54, 1.807) is 31.2 Å². The van der Waals surface area contributed by atoms with Crippen LogP contribution in [0.15, 0.2) is 24.3 Å². The third kappa shape index (κ3) is 2.98. The van der Waals surface area contributed by atoms with Crippen LogP contribution in [0.4, 0.5) is 5.69 Å². The summed E-state index contributed by atoms with van der Waals surface area (Å²) in [6.07, 6.45) is 0.468. The van der Waals surface area contributed by atoms with Crippen molar-refractivity contribution < 1.29 is 9.59 Å². The molecule has 0 spiro atoms. The van der Waals surface area contributed by atoms with Gasteiger partial charge in [-0.3, -0.25) is 9.59 Å². The number of nitrogens with two attached hydrogens (primary N) is 2. The van der Waals surface area contributed by atoms with Gasteiger partial charge in [-0.05, 0) is 30.7 Å².